The zero-order valence-electron chi connectivity index (χ0n) is 8.94. The molecule has 0 fully saturated rings. The molecule has 0 saturated carbocycles. The number of anilines is 1. The van der Waals surface area contributed by atoms with Crippen molar-refractivity contribution < 1.29 is 9.90 Å². The fourth-order valence-corrected chi connectivity index (χ4v) is 1.77. The van der Waals surface area contributed by atoms with E-state index in [9.17, 15) is 4.79 Å². The highest BCUT2D eigenvalue weighted by Gasteiger charge is 2.09. The lowest BCUT2D eigenvalue weighted by atomic mass is 10.2. The molecule has 1 aromatic rings. The van der Waals surface area contributed by atoms with Crippen LogP contribution in [-0.2, 0) is 0 Å². The zero-order valence-corrected chi connectivity index (χ0v) is 10.5. The number of halogens is 1. The van der Waals surface area contributed by atoms with Gasteiger partial charge in [0.2, 0.25) is 0 Å². The van der Waals surface area contributed by atoms with Crippen molar-refractivity contribution in [1.82, 2.24) is 4.98 Å². The number of carbonyl (C=O) groups is 1. The first-order chi connectivity index (χ1) is 8.15. The molecule has 4 nitrogen and oxygen atoms in total. The number of pyridine rings is 1. The molecule has 0 aliphatic rings. The summed E-state index contributed by atoms with van der Waals surface area (Å²) in [6.45, 7) is 0.667. The van der Waals surface area contributed by atoms with Crippen LogP contribution in [0.5, 0.6) is 0 Å². The van der Waals surface area contributed by atoms with Gasteiger partial charge in [0.1, 0.15) is 5.82 Å². The van der Waals surface area contributed by atoms with E-state index >= 15 is 0 Å². The van der Waals surface area contributed by atoms with Crippen molar-refractivity contribution >= 4 is 35.1 Å². The second-order valence-electron chi connectivity index (χ2n) is 3.04. The van der Waals surface area contributed by atoms with Crippen molar-refractivity contribution in [3.8, 4) is 12.3 Å². The fraction of sp³-hybridized carbons (Fsp3) is 0.273. The van der Waals surface area contributed by atoms with E-state index in [-0.39, 0.29) is 10.6 Å². The van der Waals surface area contributed by atoms with Gasteiger partial charge in [-0.15, -0.1) is 18.2 Å². The number of rotatable bonds is 6. The summed E-state index contributed by atoms with van der Waals surface area (Å²) >= 11 is 7.31. The first-order valence-electron chi connectivity index (χ1n) is 4.79. The van der Waals surface area contributed by atoms with Crippen molar-refractivity contribution in [3.05, 3.63) is 22.8 Å². The predicted molar refractivity (Wildman–Crippen MR) is 70.9 cm³/mol. The standard InChI is InChI=1S/C11H11ClN2O2S/c1-2-4-17-5-3-13-10-6-8(11(15)16)9(12)7-14-10/h1,6-7H,3-5H2,(H,13,14)(H,15,16). The number of carboxylic acid groups (broad SMARTS) is 1. The number of hydrogen-bond donors (Lipinski definition) is 2. The Kier molecular flexibility index (Phi) is 5.67. The van der Waals surface area contributed by atoms with Crippen LogP contribution < -0.4 is 5.32 Å². The minimum absolute atomic E-state index is 0.0421. The van der Waals surface area contributed by atoms with Crippen LogP contribution in [0.4, 0.5) is 5.82 Å². The third-order valence-corrected chi connectivity index (χ3v) is 2.99. The number of terminal acetylenes is 1. The minimum atomic E-state index is -1.07. The Balaban J connectivity index is 2.52. The molecule has 0 aromatic carbocycles. The average molecular weight is 271 g/mol. The third kappa shape index (κ3) is 4.55. The Morgan fingerprint density at radius 1 is 1.71 bits per heavy atom. The average Bonchev–Trinajstić information content (AvgIpc) is 2.30. The van der Waals surface area contributed by atoms with Crippen molar-refractivity contribution in [2.45, 2.75) is 0 Å². The molecule has 0 spiro atoms. The molecule has 17 heavy (non-hydrogen) atoms. The minimum Gasteiger partial charge on any atom is -0.478 e. The second kappa shape index (κ2) is 7.05. The molecule has 0 saturated heterocycles. The van der Waals surface area contributed by atoms with E-state index in [4.69, 9.17) is 23.1 Å². The topological polar surface area (TPSA) is 62.2 Å². The van der Waals surface area contributed by atoms with Crippen LogP contribution in [0.25, 0.3) is 0 Å². The number of nitrogens with zero attached hydrogens (tertiary/aromatic N) is 1. The van der Waals surface area contributed by atoms with E-state index in [2.05, 4.69) is 16.2 Å². The van der Waals surface area contributed by atoms with E-state index in [0.29, 0.717) is 18.1 Å². The summed E-state index contributed by atoms with van der Waals surface area (Å²) in [6.07, 6.45) is 6.43. The molecule has 0 aliphatic heterocycles. The first kappa shape index (κ1) is 13.7. The van der Waals surface area contributed by atoms with Crippen molar-refractivity contribution in [2.75, 3.05) is 23.4 Å². The molecule has 6 heteroatoms. The SMILES string of the molecule is C#CCSCCNc1cc(C(=O)O)c(Cl)cn1. The highest BCUT2D eigenvalue weighted by Crippen LogP contribution is 2.17. The van der Waals surface area contributed by atoms with E-state index in [1.165, 1.54) is 12.3 Å². The van der Waals surface area contributed by atoms with E-state index in [1.807, 2.05) is 0 Å². The van der Waals surface area contributed by atoms with Gasteiger partial charge >= 0.3 is 5.97 Å². The van der Waals surface area contributed by atoms with Gasteiger partial charge in [0.25, 0.3) is 0 Å². The van der Waals surface area contributed by atoms with Crippen LogP contribution in [-0.4, -0.2) is 34.1 Å². The number of aromatic carboxylic acids is 1. The van der Waals surface area contributed by atoms with Crippen molar-refractivity contribution in [3.63, 3.8) is 0 Å². The summed E-state index contributed by atoms with van der Waals surface area (Å²) in [7, 11) is 0. The summed E-state index contributed by atoms with van der Waals surface area (Å²) in [5, 5.41) is 12.0. The van der Waals surface area contributed by atoms with E-state index in [1.54, 1.807) is 11.8 Å². The number of hydrogen-bond acceptors (Lipinski definition) is 4. The molecular weight excluding hydrogens is 260 g/mol. The summed E-state index contributed by atoms with van der Waals surface area (Å²) in [5.41, 5.74) is 0.0421. The Hall–Kier alpha value is -1.38. The van der Waals surface area contributed by atoms with Crippen molar-refractivity contribution in [2.24, 2.45) is 0 Å². The lowest BCUT2D eigenvalue weighted by Crippen LogP contribution is -2.07. The first-order valence-corrected chi connectivity index (χ1v) is 6.32. The van der Waals surface area contributed by atoms with Gasteiger partial charge in [-0.2, -0.15) is 0 Å². The van der Waals surface area contributed by atoms with Crippen LogP contribution in [0.3, 0.4) is 0 Å². The molecule has 0 radical (unpaired) electrons. The Morgan fingerprint density at radius 2 is 2.47 bits per heavy atom. The molecule has 1 aromatic heterocycles. The van der Waals surface area contributed by atoms with Crippen LogP contribution in [0.15, 0.2) is 12.3 Å². The van der Waals surface area contributed by atoms with Crippen LogP contribution in [0.1, 0.15) is 10.4 Å². The molecular formula is C11H11ClN2O2S. The maximum atomic E-state index is 10.8. The largest absolute Gasteiger partial charge is 0.478 e. The van der Waals surface area contributed by atoms with Crippen LogP contribution in [0, 0.1) is 12.3 Å². The predicted octanol–water partition coefficient (Wildman–Crippen LogP) is 2.21. The van der Waals surface area contributed by atoms with Gasteiger partial charge in [-0.25, -0.2) is 9.78 Å². The lowest BCUT2D eigenvalue weighted by Gasteiger charge is -2.06. The van der Waals surface area contributed by atoms with Crippen LogP contribution >= 0.6 is 23.4 Å². The monoisotopic (exact) mass is 270 g/mol. The van der Waals surface area contributed by atoms with E-state index in [0.717, 1.165) is 5.75 Å². The van der Waals surface area contributed by atoms with Gasteiger partial charge in [0.15, 0.2) is 0 Å². The number of nitrogens with one attached hydrogen (secondary N) is 1. The highest BCUT2D eigenvalue weighted by molar-refractivity contribution is 7.99. The number of carboxylic acids is 1. The Morgan fingerprint density at radius 3 is 3.12 bits per heavy atom. The molecule has 0 bridgehead atoms. The maximum absolute atomic E-state index is 10.8. The maximum Gasteiger partial charge on any atom is 0.337 e. The van der Waals surface area contributed by atoms with Crippen molar-refractivity contribution in [1.29, 1.82) is 0 Å². The molecule has 2 N–H and O–H groups in total. The zero-order chi connectivity index (χ0) is 12.7. The second-order valence-corrected chi connectivity index (χ2v) is 4.55. The quantitative estimate of drug-likeness (QED) is 0.613. The number of aromatic nitrogens is 1. The summed E-state index contributed by atoms with van der Waals surface area (Å²) in [6, 6.07) is 1.41. The molecule has 0 aliphatic carbocycles. The van der Waals surface area contributed by atoms with Gasteiger partial charge in [-0.05, 0) is 6.07 Å². The number of thioether (sulfide) groups is 1. The summed E-state index contributed by atoms with van der Waals surface area (Å²) in [5.74, 6) is 3.44. The van der Waals surface area contributed by atoms with Gasteiger partial charge in [-0.3, -0.25) is 0 Å². The van der Waals surface area contributed by atoms with E-state index < -0.39 is 5.97 Å². The molecule has 0 atom stereocenters. The molecule has 1 rings (SSSR count). The Labute approximate surface area is 109 Å². The summed E-state index contributed by atoms with van der Waals surface area (Å²) in [4.78, 5) is 14.8. The third-order valence-electron chi connectivity index (χ3n) is 1.82. The molecule has 0 amide bonds. The van der Waals surface area contributed by atoms with Crippen LogP contribution in [0.2, 0.25) is 5.02 Å². The highest BCUT2D eigenvalue weighted by atomic mass is 35.5. The molecule has 90 valence electrons. The summed E-state index contributed by atoms with van der Waals surface area (Å²) < 4.78 is 0. The fourth-order valence-electron chi connectivity index (χ4n) is 1.08. The van der Waals surface area contributed by atoms with Gasteiger partial charge in [0, 0.05) is 18.5 Å². The van der Waals surface area contributed by atoms with Gasteiger partial charge in [0.05, 0.1) is 16.3 Å². The molecule has 0 unspecified atom stereocenters. The smallest absolute Gasteiger partial charge is 0.337 e. The normalized spacial score (nSPS) is 9.65. The van der Waals surface area contributed by atoms with Gasteiger partial charge < -0.3 is 10.4 Å². The van der Waals surface area contributed by atoms with Gasteiger partial charge in [-0.1, -0.05) is 17.5 Å². The Bertz CT molecular complexity index is 446. The lowest BCUT2D eigenvalue weighted by molar-refractivity contribution is 0.0697. The molecule has 1 heterocycles.